The Hall–Kier alpha value is -10.2. The fraction of sp³-hybridized carbons (Fsp3) is 0.565. The summed E-state index contributed by atoms with van der Waals surface area (Å²) in [6, 6.07) is 19.1. The molecule has 116 heavy (non-hydrogen) atoms. The lowest BCUT2D eigenvalue weighted by Crippen LogP contribution is -2.61. The quantitative estimate of drug-likeness (QED) is 0.0281. The predicted octanol–water partition coefficient (Wildman–Crippen LogP) is 1.98. The topological polar surface area (TPSA) is 508 Å². The van der Waals surface area contributed by atoms with Crippen LogP contribution in [0.1, 0.15) is 173 Å². The van der Waals surface area contributed by atoms with Crippen LogP contribution in [-0.4, -0.2) is 198 Å². The molecule has 0 aromatic heterocycles. The number of hydrogen-bond donors (Lipinski definition) is 17. The second-order valence-electron chi connectivity index (χ2n) is 31.3. The Morgan fingerprint density at radius 2 is 0.664 bits per heavy atom. The van der Waals surface area contributed by atoms with Crippen molar-refractivity contribution < 1.29 is 67.4 Å². The number of nitrogens with two attached hydrogens (primary N) is 5. The van der Waals surface area contributed by atoms with E-state index in [2.05, 4.69) is 58.5 Å². The first kappa shape index (κ1) is 96.4. The van der Waals surface area contributed by atoms with E-state index in [-0.39, 0.29) is 89.1 Å². The third-order valence-corrected chi connectivity index (χ3v) is 20.2. The number of nitrogens with zero attached hydrogens (tertiary/aromatic N) is 1. The van der Waals surface area contributed by atoms with E-state index in [9.17, 15) is 67.4 Å². The van der Waals surface area contributed by atoms with Crippen LogP contribution in [0.15, 0.2) is 121 Å². The molecule has 0 bridgehead atoms. The Kier molecular flexibility index (Phi) is 42.9. The Balaban J connectivity index is 1.32. The summed E-state index contributed by atoms with van der Waals surface area (Å²) in [6.45, 7) is 13.6. The number of aliphatic carboxylic acids is 1. The molecule has 4 aromatic carbocycles. The van der Waals surface area contributed by atoms with Crippen molar-refractivity contribution >= 4 is 76.9 Å². The van der Waals surface area contributed by atoms with Gasteiger partial charge in [-0.2, -0.15) is 0 Å². The summed E-state index contributed by atoms with van der Waals surface area (Å²) < 4.78 is 0. The number of carbonyl (C=O) groups excluding carboxylic acids is 12. The molecule has 31 heteroatoms. The van der Waals surface area contributed by atoms with Gasteiger partial charge in [-0.05, 0) is 169 Å². The molecule has 0 aliphatic carbocycles. The van der Waals surface area contributed by atoms with E-state index in [1.54, 1.807) is 135 Å². The number of nitrogens with one attached hydrogen (secondary N) is 11. The fourth-order valence-corrected chi connectivity index (χ4v) is 13.7. The minimum atomic E-state index is -1.37. The van der Waals surface area contributed by atoms with E-state index in [1.807, 2.05) is 27.7 Å². The lowest BCUT2D eigenvalue weighted by atomic mass is 9.99. The smallest absolute Gasteiger partial charge is 0.326 e. The fourth-order valence-electron chi connectivity index (χ4n) is 13.7. The van der Waals surface area contributed by atoms with E-state index in [0.29, 0.717) is 106 Å². The van der Waals surface area contributed by atoms with Gasteiger partial charge in [-0.3, -0.25) is 57.5 Å². The van der Waals surface area contributed by atoms with Gasteiger partial charge >= 0.3 is 5.97 Å². The summed E-state index contributed by atoms with van der Waals surface area (Å²) >= 11 is 0. The average molecular weight is 1610 g/mol. The molecule has 1 heterocycles. The maximum atomic E-state index is 15.0. The zero-order chi connectivity index (χ0) is 85.2. The Labute approximate surface area is 682 Å². The number of likely N-dealkylation sites (tertiary alicyclic amines) is 1. The maximum absolute atomic E-state index is 15.0. The largest absolute Gasteiger partial charge is 0.480 e. The van der Waals surface area contributed by atoms with E-state index >= 15 is 0 Å². The minimum absolute atomic E-state index is 0.0465. The van der Waals surface area contributed by atoms with Gasteiger partial charge in [-0.15, -0.1) is 0 Å². The van der Waals surface area contributed by atoms with Crippen LogP contribution in [0.2, 0.25) is 0 Å². The van der Waals surface area contributed by atoms with Crippen molar-refractivity contribution in [2.75, 3.05) is 32.7 Å². The van der Waals surface area contributed by atoms with Crippen LogP contribution in [0.25, 0.3) is 0 Å². The summed E-state index contributed by atoms with van der Waals surface area (Å²) in [6.07, 6.45) is 5.28. The SMILES string of the molecule is CC(C)C[C@H](NC(=O)[C@H](Cc1ccccc1)NC(=O)[C@@H]1CCCN1C(=O)[C@H](C)NC(=O)[C@@H](NC(=O)[C@H](CC(C)C)NC(=O)[C@H](CCCCN)NC(=O)[C@H](CCCCN)NC(=O)[C@H](CCCCN)NC(=O)[C@@H](N)CCCCN)C(C)C)C(=O)N[C@@H](Cc1ccccc1)C(=O)N[C@@H](Cc1ccccc1)C(=O)N[C@@H](Cc1ccccc1)C(=O)O. The summed E-state index contributed by atoms with van der Waals surface area (Å²) in [5.74, 6) is -10.8. The van der Waals surface area contributed by atoms with Crippen LogP contribution < -0.4 is 87.2 Å². The highest BCUT2D eigenvalue weighted by Crippen LogP contribution is 2.22. The molecule has 1 fully saturated rings. The Bertz CT molecular complexity index is 3750. The van der Waals surface area contributed by atoms with Gasteiger partial charge in [0.05, 0.1) is 6.04 Å². The van der Waals surface area contributed by atoms with Gasteiger partial charge in [0, 0.05) is 32.2 Å². The number of carboxylic acid groups (broad SMARTS) is 1. The van der Waals surface area contributed by atoms with Crippen LogP contribution >= 0.6 is 0 Å². The van der Waals surface area contributed by atoms with Gasteiger partial charge in [0.25, 0.3) is 0 Å². The number of amides is 12. The van der Waals surface area contributed by atoms with Gasteiger partial charge in [0.15, 0.2) is 0 Å². The lowest BCUT2D eigenvalue weighted by Gasteiger charge is -2.31. The molecule has 0 radical (unpaired) electrons. The Morgan fingerprint density at radius 1 is 0.362 bits per heavy atom. The highest BCUT2D eigenvalue weighted by atomic mass is 16.4. The van der Waals surface area contributed by atoms with Crippen LogP contribution in [0.5, 0.6) is 0 Å². The second-order valence-corrected chi connectivity index (χ2v) is 31.3. The second kappa shape index (κ2) is 51.7. The number of hydrogen-bond acceptors (Lipinski definition) is 18. The normalized spacial score (nSPS) is 15.8. The highest BCUT2D eigenvalue weighted by Gasteiger charge is 2.41. The molecule has 12 amide bonds. The first-order valence-corrected chi connectivity index (χ1v) is 41.1. The van der Waals surface area contributed by atoms with Crippen LogP contribution in [0.3, 0.4) is 0 Å². The molecule has 0 spiro atoms. The molecule has 0 saturated carbocycles. The molecule has 0 unspecified atom stereocenters. The number of carboxylic acids is 1. The number of rotatable bonds is 53. The lowest BCUT2D eigenvalue weighted by molar-refractivity contribution is -0.142. The molecular weight excluding hydrogens is 1480 g/mol. The minimum Gasteiger partial charge on any atom is -0.480 e. The van der Waals surface area contributed by atoms with E-state index < -0.39 is 161 Å². The maximum Gasteiger partial charge on any atom is 0.326 e. The zero-order valence-electron chi connectivity index (χ0n) is 68.6. The molecule has 13 atom stereocenters. The van der Waals surface area contributed by atoms with Gasteiger partial charge < -0.3 is 97.2 Å². The van der Waals surface area contributed by atoms with Gasteiger partial charge in [-0.1, -0.05) is 169 Å². The summed E-state index contributed by atoms with van der Waals surface area (Å²) in [4.78, 5) is 188. The molecule has 1 aliphatic heterocycles. The molecule has 31 nitrogen and oxygen atoms in total. The highest BCUT2D eigenvalue weighted by molar-refractivity contribution is 6.00. The first-order valence-electron chi connectivity index (χ1n) is 41.1. The van der Waals surface area contributed by atoms with E-state index in [0.717, 1.165) is 0 Å². The van der Waals surface area contributed by atoms with Crippen molar-refractivity contribution in [2.45, 2.75) is 255 Å². The van der Waals surface area contributed by atoms with Gasteiger partial charge in [0.2, 0.25) is 70.9 Å². The summed E-state index contributed by atoms with van der Waals surface area (Å²) in [5.41, 5.74) is 31.9. The zero-order valence-corrected chi connectivity index (χ0v) is 68.6. The van der Waals surface area contributed by atoms with E-state index in [4.69, 9.17) is 28.7 Å². The molecule has 4 aromatic rings. The van der Waals surface area contributed by atoms with E-state index in [1.165, 1.54) is 11.8 Å². The molecular formula is C85H129N17O14. The van der Waals surface area contributed by atoms with Crippen molar-refractivity contribution in [3.05, 3.63) is 144 Å². The first-order chi connectivity index (χ1) is 55.5. The standard InChI is InChI=1S/C85H129N17O14/c1-53(2)47-65(77(107)97-67(49-57-29-12-8-13-30-57)78(108)98-68(50-58-31-14-9-15-32-58)80(110)100-70(85(115)116)52-60-35-18-11-19-36-60)96-79(109)69(51-59-33-16-10-17-34-59)99-82(112)71-41-28-46-102(71)84(114)56(7)91-83(113)72(55(5)6)101-81(111)66(48-54(3)4)95-76(106)64(40-23-27-45-89)94-75(105)63(39-22-26-44-88)93-74(104)62(38-21-25-43-87)92-73(103)61(90)37-20-24-42-86/h8-19,29-36,53-56,61-72H,20-28,37-52,86-90H2,1-7H3,(H,91,113)(H,92,103)(H,93,104)(H,94,105)(H,95,106)(H,96,109)(H,97,107)(H,98,108)(H,99,112)(H,100,110)(H,101,111)(H,115,116)/t56-,61-,62-,63-,64-,65-,66-,67-,68-,69-,70-,71-,72-/m0/s1. The summed E-state index contributed by atoms with van der Waals surface area (Å²) in [7, 11) is 0. The monoisotopic (exact) mass is 1610 g/mol. The molecule has 638 valence electrons. The van der Waals surface area contributed by atoms with Crippen LogP contribution in [0, 0.1) is 17.8 Å². The van der Waals surface area contributed by atoms with Gasteiger partial charge in [0.1, 0.15) is 72.5 Å². The van der Waals surface area contributed by atoms with Crippen LogP contribution in [-0.2, 0) is 88.0 Å². The molecule has 5 rings (SSSR count). The third-order valence-electron chi connectivity index (χ3n) is 20.2. The molecule has 1 aliphatic rings. The number of benzene rings is 4. The van der Waals surface area contributed by atoms with Crippen molar-refractivity contribution in [3.63, 3.8) is 0 Å². The Morgan fingerprint density at radius 3 is 1.02 bits per heavy atom. The number of unbranched alkanes of at least 4 members (excludes halogenated alkanes) is 4. The van der Waals surface area contributed by atoms with Gasteiger partial charge in [-0.25, -0.2) is 4.79 Å². The predicted molar refractivity (Wildman–Crippen MR) is 443 cm³/mol. The molecule has 1 saturated heterocycles. The van der Waals surface area contributed by atoms with Crippen molar-refractivity contribution in [1.82, 2.24) is 63.4 Å². The van der Waals surface area contributed by atoms with Crippen molar-refractivity contribution in [3.8, 4) is 0 Å². The van der Waals surface area contributed by atoms with Crippen molar-refractivity contribution in [1.29, 1.82) is 0 Å². The summed E-state index contributed by atoms with van der Waals surface area (Å²) in [5, 5.41) is 41.0. The number of carbonyl (C=O) groups is 13. The van der Waals surface area contributed by atoms with Crippen molar-refractivity contribution in [2.24, 2.45) is 46.4 Å². The molecule has 22 N–H and O–H groups in total. The van der Waals surface area contributed by atoms with Crippen LogP contribution in [0.4, 0.5) is 0 Å². The third kappa shape index (κ3) is 33.9. The average Bonchev–Trinajstić information content (AvgIpc) is 1.57.